The van der Waals surface area contributed by atoms with Crippen molar-refractivity contribution in [1.29, 1.82) is 0 Å². The van der Waals surface area contributed by atoms with Crippen LogP contribution in [0.2, 0.25) is 0 Å². The Morgan fingerprint density at radius 3 is 2.22 bits per heavy atom. The summed E-state index contributed by atoms with van der Waals surface area (Å²) in [5, 5.41) is 10.3. The summed E-state index contributed by atoms with van der Waals surface area (Å²) in [6.07, 6.45) is -0.360. The molecule has 0 fully saturated rings. The molecule has 2 aliphatic heterocycles. The Morgan fingerprint density at radius 1 is 0.857 bits per heavy atom. The van der Waals surface area contributed by atoms with Gasteiger partial charge in [0.1, 0.15) is 23.9 Å². The van der Waals surface area contributed by atoms with Crippen LogP contribution in [-0.4, -0.2) is 46.8 Å². The van der Waals surface area contributed by atoms with Gasteiger partial charge < -0.3 is 30.2 Å². The van der Waals surface area contributed by atoms with Crippen LogP contribution in [0.5, 0.6) is 0 Å². The van der Waals surface area contributed by atoms with Crippen LogP contribution in [0.1, 0.15) is 64.3 Å². The number of fused-ring (bicyclic) bond motifs is 10. The number of pyridine rings is 1. The number of benzene rings is 3. The lowest BCUT2D eigenvalue weighted by Gasteiger charge is -2.28. The number of nitrogens with one attached hydrogen (secondary N) is 3. The summed E-state index contributed by atoms with van der Waals surface area (Å²) < 4.78 is 16.7. The largest absolute Gasteiger partial charge is 0.443 e. The van der Waals surface area contributed by atoms with Crippen molar-refractivity contribution >= 4 is 52.0 Å². The summed E-state index contributed by atoms with van der Waals surface area (Å²) in [7, 11) is 0. The summed E-state index contributed by atoms with van der Waals surface area (Å²) in [5.41, 5.74) is 1.80. The standard InChI is InChI=1S/C37H41N5O7/c1-36(2,3)48-34(45)42(35(46)49-37(4,5)6)32-29-15-14-28(19-26(29)16-17-38-32)41-31-25-12-10-23(11-13-25)21-47-22-30(43)40-27-9-7-8-24(18-27)20-39-33(31)44/h7-19,31,41H,20-22H2,1-6H3,(H,39,44)(H,40,43). The van der Waals surface area contributed by atoms with E-state index in [0.29, 0.717) is 27.7 Å². The van der Waals surface area contributed by atoms with E-state index in [4.69, 9.17) is 14.2 Å². The topological polar surface area (TPSA) is 148 Å². The van der Waals surface area contributed by atoms with Gasteiger partial charge in [0.2, 0.25) is 11.8 Å². The monoisotopic (exact) mass is 667 g/mol. The number of amides is 4. The van der Waals surface area contributed by atoms with E-state index >= 15 is 0 Å². The number of carbonyl (C=O) groups is 4. The third-order valence-corrected chi connectivity index (χ3v) is 7.17. The van der Waals surface area contributed by atoms with Gasteiger partial charge in [-0.25, -0.2) is 14.6 Å². The second-order valence-electron chi connectivity index (χ2n) is 13.6. The quantitative estimate of drug-likeness (QED) is 0.213. The minimum absolute atomic E-state index is 0.0474. The van der Waals surface area contributed by atoms with Crippen LogP contribution < -0.4 is 20.9 Å². The normalized spacial score (nSPS) is 15.6. The molecule has 0 saturated carbocycles. The van der Waals surface area contributed by atoms with Crippen LogP contribution in [0.3, 0.4) is 0 Å². The van der Waals surface area contributed by atoms with E-state index in [1.165, 1.54) is 6.20 Å². The van der Waals surface area contributed by atoms with Crippen molar-refractivity contribution in [3.8, 4) is 0 Å². The molecule has 1 atom stereocenters. The highest BCUT2D eigenvalue weighted by atomic mass is 16.6. The molecule has 0 saturated heterocycles. The number of imide groups is 1. The zero-order chi connectivity index (χ0) is 35.3. The minimum atomic E-state index is -0.923. The van der Waals surface area contributed by atoms with E-state index in [2.05, 4.69) is 20.9 Å². The van der Waals surface area contributed by atoms with Crippen LogP contribution in [0.15, 0.2) is 79.0 Å². The Morgan fingerprint density at radius 2 is 1.55 bits per heavy atom. The Kier molecular flexibility index (Phi) is 10.2. The molecular formula is C37H41N5O7. The van der Waals surface area contributed by atoms with Crippen LogP contribution >= 0.6 is 0 Å². The second kappa shape index (κ2) is 14.3. The molecule has 1 aromatic heterocycles. The first-order valence-electron chi connectivity index (χ1n) is 15.9. The molecule has 3 heterocycles. The van der Waals surface area contributed by atoms with Crippen LogP contribution in [-0.2, 0) is 37.0 Å². The number of hydrogen-bond donors (Lipinski definition) is 3. The van der Waals surface area contributed by atoms with E-state index in [0.717, 1.165) is 16.0 Å². The van der Waals surface area contributed by atoms with Gasteiger partial charge in [-0.15, -0.1) is 0 Å². The zero-order valence-electron chi connectivity index (χ0n) is 28.5. The molecule has 3 aromatic carbocycles. The van der Waals surface area contributed by atoms with Crippen LogP contribution in [0.4, 0.5) is 26.8 Å². The summed E-state index contributed by atoms with van der Waals surface area (Å²) in [5.74, 6) is -0.497. The van der Waals surface area contributed by atoms with Gasteiger partial charge in [0.15, 0.2) is 5.82 Å². The molecule has 4 aromatic rings. The first-order valence-corrected chi connectivity index (χ1v) is 15.9. The van der Waals surface area contributed by atoms with Gasteiger partial charge in [-0.1, -0.05) is 36.4 Å². The van der Waals surface area contributed by atoms with E-state index in [-0.39, 0.29) is 37.4 Å². The van der Waals surface area contributed by atoms with Gasteiger partial charge in [0, 0.05) is 29.5 Å². The average molecular weight is 668 g/mol. The lowest BCUT2D eigenvalue weighted by molar-refractivity contribution is -0.122. The maximum absolute atomic E-state index is 13.7. The summed E-state index contributed by atoms with van der Waals surface area (Å²) >= 11 is 0. The molecule has 12 nitrogen and oxygen atoms in total. The maximum Gasteiger partial charge on any atom is 0.425 e. The fourth-order valence-corrected chi connectivity index (χ4v) is 5.07. The van der Waals surface area contributed by atoms with Gasteiger partial charge in [0.25, 0.3) is 0 Å². The third kappa shape index (κ3) is 9.32. The molecule has 6 rings (SSSR count). The molecule has 49 heavy (non-hydrogen) atoms. The third-order valence-electron chi connectivity index (χ3n) is 7.17. The van der Waals surface area contributed by atoms with Crippen LogP contribution in [0, 0.1) is 0 Å². The highest BCUT2D eigenvalue weighted by Crippen LogP contribution is 2.31. The Balaban J connectivity index is 1.47. The molecular weight excluding hydrogens is 626 g/mol. The lowest BCUT2D eigenvalue weighted by atomic mass is 10.0. The molecule has 0 spiro atoms. The number of hydrogen-bond acceptors (Lipinski definition) is 9. The molecule has 0 aliphatic carbocycles. The van der Waals surface area contributed by atoms with Crippen molar-refractivity contribution in [3.63, 3.8) is 0 Å². The Hall–Kier alpha value is -5.49. The minimum Gasteiger partial charge on any atom is -0.443 e. The van der Waals surface area contributed by atoms with E-state index < -0.39 is 29.4 Å². The number of nitrogens with zero attached hydrogens (tertiary/aromatic N) is 2. The van der Waals surface area contributed by atoms with Crippen molar-refractivity contribution < 1.29 is 33.4 Å². The molecule has 3 N–H and O–H groups in total. The maximum atomic E-state index is 13.7. The Bertz CT molecular complexity index is 1830. The lowest BCUT2D eigenvalue weighted by Crippen LogP contribution is -2.44. The summed E-state index contributed by atoms with van der Waals surface area (Å²) in [6.45, 7) is 10.6. The Labute approximate surface area is 285 Å². The van der Waals surface area contributed by atoms with Crippen molar-refractivity contribution in [3.05, 3.63) is 95.7 Å². The fraction of sp³-hybridized carbons (Fsp3) is 0.324. The highest BCUT2D eigenvalue weighted by molar-refractivity contribution is 6.14. The number of anilines is 3. The fourth-order valence-electron chi connectivity index (χ4n) is 5.07. The molecule has 256 valence electrons. The number of aromatic nitrogens is 1. The predicted molar refractivity (Wildman–Crippen MR) is 186 cm³/mol. The number of ether oxygens (including phenoxy) is 3. The predicted octanol–water partition coefficient (Wildman–Crippen LogP) is 6.85. The highest BCUT2D eigenvalue weighted by Gasteiger charge is 2.34. The van der Waals surface area contributed by atoms with Gasteiger partial charge in [-0.3, -0.25) is 9.59 Å². The number of carbonyl (C=O) groups excluding carboxylic acids is 4. The average Bonchev–Trinajstić information content (AvgIpc) is 3.01. The van der Waals surface area contributed by atoms with Crippen LogP contribution in [0.25, 0.3) is 10.8 Å². The smallest absolute Gasteiger partial charge is 0.425 e. The molecule has 12 heteroatoms. The van der Waals surface area contributed by atoms with E-state index in [1.807, 2.05) is 36.4 Å². The van der Waals surface area contributed by atoms with Gasteiger partial charge >= 0.3 is 12.2 Å². The SMILES string of the molecule is CC(C)(C)OC(=O)N(C(=O)OC(C)(C)C)c1nccc2cc(NC3C(=O)NCc4cccc(c4)NC(=O)COCc4ccc3cc4)ccc12. The van der Waals surface area contributed by atoms with Crippen molar-refractivity contribution in [1.82, 2.24) is 10.3 Å². The van der Waals surface area contributed by atoms with Crippen molar-refractivity contribution in [2.75, 3.05) is 22.1 Å². The molecule has 2 aliphatic rings. The first-order chi connectivity index (χ1) is 23.1. The van der Waals surface area contributed by atoms with Crippen molar-refractivity contribution in [2.45, 2.75) is 71.9 Å². The van der Waals surface area contributed by atoms with Gasteiger partial charge in [-0.2, -0.15) is 4.90 Å². The number of rotatable bonds is 3. The molecule has 1 unspecified atom stereocenters. The molecule has 4 bridgehead atoms. The molecule has 4 amide bonds. The van der Waals surface area contributed by atoms with E-state index in [9.17, 15) is 19.2 Å². The summed E-state index contributed by atoms with van der Waals surface area (Å²) in [4.78, 5) is 57.9. The van der Waals surface area contributed by atoms with E-state index in [1.54, 1.807) is 77.9 Å². The van der Waals surface area contributed by atoms with Gasteiger partial charge in [-0.05, 0) is 100 Å². The first kappa shape index (κ1) is 34.8. The van der Waals surface area contributed by atoms with Crippen molar-refractivity contribution in [2.24, 2.45) is 0 Å². The zero-order valence-corrected chi connectivity index (χ0v) is 28.5. The summed E-state index contributed by atoms with van der Waals surface area (Å²) in [6, 6.07) is 20.8. The van der Waals surface area contributed by atoms with Gasteiger partial charge in [0.05, 0.1) is 6.61 Å². The molecule has 0 radical (unpaired) electrons. The second-order valence-corrected chi connectivity index (χ2v) is 13.6.